The zero-order chi connectivity index (χ0) is 10.5. The van der Waals surface area contributed by atoms with Gasteiger partial charge in [-0.15, -0.1) is 21.5 Å². The molecule has 2 rings (SSSR count). The smallest absolute Gasteiger partial charge is 0.146 e. The number of nitrogens with zero attached hydrogens (tertiary/aromatic N) is 3. The molecule has 2 aromatic heterocycles. The molecule has 0 saturated carbocycles. The van der Waals surface area contributed by atoms with E-state index < -0.39 is 0 Å². The van der Waals surface area contributed by atoms with E-state index in [1.165, 1.54) is 4.88 Å². The van der Waals surface area contributed by atoms with E-state index in [4.69, 9.17) is 0 Å². The number of aromatic nitrogens is 3. The van der Waals surface area contributed by atoms with Crippen LogP contribution in [-0.4, -0.2) is 21.3 Å². The van der Waals surface area contributed by atoms with Gasteiger partial charge in [-0.25, -0.2) is 0 Å². The number of aryl methyl sites for hydroxylation is 1. The van der Waals surface area contributed by atoms with Crippen molar-refractivity contribution in [3.8, 4) is 0 Å². The van der Waals surface area contributed by atoms with Gasteiger partial charge in [0.1, 0.15) is 12.2 Å². The average Bonchev–Trinajstić information content (AvgIpc) is 2.85. The third-order valence-corrected chi connectivity index (χ3v) is 3.15. The van der Waals surface area contributed by atoms with Crippen molar-refractivity contribution < 1.29 is 0 Å². The van der Waals surface area contributed by atoms with E-state index >= 15 is 0 Å². The molecule has 0 spiro atoms. The van der Waals surface area contributed by atoms with Gasteiger partial charge in [-0.1, -0.05) is 6.07 Å². The molecule has 2 heterocycles. The Bertz CT molecular complexity index is 393. The number of thiophene rings is 1. The highest BCUT2D eigenvalue weighted by Gasteiger charge is 1.99. The van der Waals surface area contributed by atoms with Crippen LogP contribution in [0.2, 0.25) is 0 Å². The van der Waals surface area contributed by atoms with Crippen LogP contribution in [-0.2, 0) is 20.0 Å². The summed E-state index contributed by atoms with van der Waals surface area (Å²) in [7, 11) is 1.95. The summed E-state index contributed by atoms with van der Waals surface area (Å²) >= 11 is 1.80. The number of rotatable bonds is 5. The zero-order valence-corrected chi connectivity index (χ0v) is 9.50. The number of hydrogen-bond acceptors (Lipinski definition) is 4. The first-order chi connectivity index (χ1) is 7.36. The summed E-state index contributed by atoms with van der Waals surface area (Å²) in [4.78, 5) is 1.42. The molecule has 4 nitrogen and oxygen atoms in total. The second kappa shape index (κ2) is 5.04. The van der Waals surface area contributed by atoms with Crippen LogP contribution in [0, 0.1) is 0 Å². The molecule has 15 heavy (non-hydrogen) atoms. The van der Waals surface area contributed by atoms with Gasteiger partial charge in [-0.2, -0.15) is 0 Å². The van der Waals surface area contributed by atoms with Crippen molar-refractivity contribution >= 4 is 11.3 Å². The van der Waals surface area contributed by atoms with Crippen LogP contribution >= 0.6 is 11.3 Å². The van der Waals surface area contributed by atoms with Crippen LogP contribution in [0.3, 0.4) is 0 Å². The molecule has 0 saturated heterocycles. The summed E-state index contributed by atoms with van der Waals surface area (Å²) in [6.07, 6.45) is 2.80. The van der Waals surface area contributed by atoms with Gasteiger partial charge in [-0.3, -0.25) is 0 Å². The topological polar surface area (TPSA) is 42.7 Å². The first kappa shape index (κ1) is 10.3. The molecule has 0 fully saturated rings. The van der Waals surface area contributed by atoms with Gasteiger partial charge in [0.05, 0.1) is 6.54 Å². The molecular weight excluding hydrogens is 208 g/mol. The van der Waals surface area contributed by atoms with Crippen molar-refractivity contribution in [3.05, 3.63) is 34.5 Å². The molecule has 0 unspecified atom stereocenters. The maximum atomic E-state index is 4.00. The minimum absolute atomic E-state index is 0.780. The standard InChI is InChI=1S/C10H14N4S/c1-14-8-12-13-10(14)7-11-5-4-9-3-2-6-15-9/h2-3,6,8,11H,4-5,7H2,1H3. The van der Waals surface area contributed by atoms with E-state index in [2.05, 4.69) is 33.0 Å². The maximum absolute atomic E-state index is 4.00. The predicted octanol–water partition coefficient (Wildman–Crippen LogP) is 1.21. The van der Waals surface area contributed by atoms with Gasteiger partial charge in [-0.05, 0) is 17.9 Å². The van der Waals surface area contributed by atoms with Crippen LogP contribution < -0.4 is 5.32 Å². The van der Waals surface area contributed by atoms with Gasteiger partial charge >= 0.3 is 0 Å². The fourth-order valence-electron chi connectivity index (χ4n) is 1.33. The third-order valence-electron chi connectivity index (χ3n) is 2.22. The molecule has 0 radical (unpaired) electrons. The lowest BCUT2D eigenvalue weighted by Crippen LogP contribution is -2.18. The summed E-state index contributed by atoms with van der Waals surface area (Å²) in [6, 6.07) is 4.25. The Labute approximate surface area is 93.0 Å². The highest BCUT2D eigenvalue weighted by Crippen LogP contribution is 2.08. The maximum Gasteiger partial charge on any atom is 0.146 e. The monoisotopic (exact) mass is 222 g/mol. The van der Waals surface area contributed by atoms with Crippen molar-refractivity contribution in [2.24, 2.45) is 7.05 Å². The second-order valence-corrected chi connectivity index (χ2v) is 4.40. The van der Waals surface area contributed by atoms with Crippen molar-refractivity contribution in [2.75, 3.05) is 6.54 Å². The zero-order valence-electron chi connectivity index (χ0n) is 8.68. The summed E-state index contributed by atoms with van der Waals surface area (Å²) in [5, 5.41) is 13.3. The molecule has 0 aromatic carbocycles. The molecule has 0 amide bonds. The Morgan fingerprint density at radius 1 is 1.53 bits per heavy atom. The van der Waals surface area contributed by atoms with Crippen molar-refractivity contribution in [1.29, 1.82) is 0 Å². The molecule has 0 aliphatic rings. The Kier molecular flexibility index (Phi) is 3.47. The lowest BCUT2D eigenvalue weighted by atomic mass is 10.3. The van der Waals surface area contributed by atoms with Crippen LogP contribution in [0.5, 0.6) is 0 Å². The van der Waals surface area contributed by atoms with E-state index in [1.807, 2.05) is 11.6 Å². The fourth-order valence-corrected chi connectivity index (χ4v) is 2.04. The Morgan fingerprint density at radius 3 is 3.13 bits per heavy atom. The average molecular weight is 222 g/mol. The molecule has 0 aliphatic heterocycles. The van der Waals surface area contributed by atoms with Gasteiger partial charge < -0.3 is 9.88 Å². The van der Waals surface area contributed by atoms with Crippen LogP contribution in [0.4, 0.5) is 0 Å². The lowest BCUT2D eigenvalue weighted by Gasteiger charge is -2.02. The fraction of sp³-hybridized carbons (Fsp3) is 0.400. The van der Waals surface area contributed by atoms with Crippen LogP contribution in [0.15, 0.2) is 23.8 Å². The van der Waals surface area contributed by atoms with Gasteiger partial charge in [0.25, 0.3) is 0 Å². The predicted molar refractivity (Wildman–Crippen MR) is 60.7 cm³/mol. The summed E-state index contributed by atoms with van der Waals surface area (Å²) < 4.78 is 1.93. The lowest BCUT2D eigenvalue weighted by molar-refractivity contribution is 0.638. The normalized spacial score (nSPS) is 10.7. The van der Waals surface area contributed by atoms with Crippen molar-refractivity contribution in [2.45, 2.75) is 13.0 Å². The Morgan fingerprint density at radius 2 is 2.47 bits per heavy atom. The molecular formula is C10H14N4S. The number of nitrogens with one attached hydrogen (secondary N) is 1. The quantitative estimate of drug-likeness (QED) is 0.773. The van der Waals surface area contributed by atoms with Gasteiger partial charge in [0.15, 0.2) is 0 Å². The largest absolute Gasteiger partial charge is 0.320 e. The second-order valence-electron chi connectivity index (χ2n) is 3.36. The Balaban J connectivity index is 1.70. The number of hydrogen-bond donors (Lipinski definition) is 1. The van der Waals surface area contributed by atoms with Crippen LogP contribution in [0.25, 0.3) is 0 Å². The molecule has 2 aromatic rings. The van der Waals surface area contributed by atoms with Gasteiger partial charge in [0.2, 0.25) is 0 Å². The highest BCUT2D eigenvalue weighted by molar-refractivity contribution is 7.09. The summed E-state index contributed by atoms with van der Waals surface area (Å²) in [5.41, 5.74) is 0. The molecule has 0 aliphatic carbocycles. The molecule has 5 heteroatoms. The highest BCUT2D eigenvalue weighted by atomic mass is 32.1. The summed E-state index contributed by atoms with van der Waals surface area (Å²) in [5.74, 6) is 0.973. The van der Waals surface area contributed by atoms with Crippen LogP contribution in [0.1, 0.15) is 10.7 Å². The van der Waals surface area contributed by atoms with Crippen molar-refractivity contribution in [3.63, 3.8) is 0 Å². The summed E-state index contributed by atoms with van der Waals surface area (Å²) in [6.45, 7) is 1.76. The van der Waals surface area contributed by atoms with Gasteiger partial charge in [0, 0.05) is 18.5 Å². The molecule has 80 valence electrons. The first-order valence-corrected chi connectivity index (χ1v) is 5.80. The molecule has 0 atom stereocenters. The van der Waals surface area contributed by atoms with E-state index in [0.29, 0.717) is 0 Å². The Hall–Kier alpha value is -1.20. The minimum Gasteiger partial charge on any atom is -0.320 e. The molecule has 0 bridgehead atoms. The first-order valence-electron chi connectivity index (χ1n) is 4.92. The van der Waals surface area contributed by atoms with E-state index in [0.717, 1.165) is 25.3 Å². The third kappa shape index (κ3) is 2.87. The van der Waals surface area contributed by atoms with Crippen molar-refractivity contribution in [1.82, 2.24) is 20.1 Å². The SMILES string of the molecule is Cn1cnnc1CNCCc1cccs1. The minimum atomic E-state index is 0.780. The van der Waals surface area contributed by atoms with E-state index in [9.17, 15) is 0 Å². The van der Waals surface area contributed by atoms with E-state index in [1.54, 1.807) is 17.7 Å². The van der Waals surface area contributed by atoms with E-state index in [-0.39, 0.29) is 0 Å². The molecule has 1 N–H and O–H groups in total.